The lowest BCUT2D eigenvalue weighted by Crippen LogP contribution is -2.30. The quantitative estimate of drug-likeness (QED) is 0.615. The van der Waals surface area contributed by atoms with Gasteiger partial charge in [0.2, 0.25) is 0 Å². The maximum atomic E-state index is 11.2. The monoisotopic (exact) mass is 221 g/mol. The number of carbonyl (C=O) groups is 1. The van der Waals surface area contributed by atoms with E-state index < -0.39 is 12.0 Å². The van der Waals surface area contributed by atoms with Crippen molar-refractivity contribution >= 4 is 5.97 Å². The largest absolute Gasteiger partial charge is 0.425 e. The molecule has 0 radical (unpaired) electrons. The number of hydrogen-bond acceptors (Lipinski definition) is 3. The number of rotatable bonds is 2. The van der Waals surface area contributed by atoms with Crippen molar-refractivity contribution in [3.8, 4) is 5.75 Å². The molecular weight excluding hydrogens is 202 g/mol. The molecule has 0 amide bonds. The molecule has 0 aliphatic carbocycles. The Balaban J connectivity index is 2.76. The van der Waals surface area contributed by atoms with Gasteiger partial charge in [0, 0.05) is 0 Å². The van der Waals surface area contributed by atoms with Crippen molar-refractivity contribution in [3.63, 3.8) is 0 Å². The number of benzene rings is 1. The minimum atomic E-state index is -0.595. The van der Waals surface area contributed by atoms with E-state index in [1.54, 1.807) is 19.1 Å². The third-order valence-electron chi connectivity index (χ3n) is 2.31. The summed E-state index contributed by atoms with van der Waals surface area (Å²) < 4.78 is 5.08. The molecule has 88 valence electrons. The highest BCUT2D eigenvalue weighted by atomic mass is 16.5. The second-order valence-corrected chi connectivity index (χ2v) is 4.98. The van der Waals surface area contributed by atoms with Gasteiger partial charge in [-0.25, -0.2) is 4.79 Å². The van der Waals surface area contributed by atoms with E-state index in [9.17, 15) is 4.79 Å². The molecule has 0 aromatic heterocycles. The van der Waals surface area contributed by atoms with Crippen LogP contribution in [0.15, 0.2) is 24.3 Å². The Hall–Kier alpha value is -1.35. The van der Waals surface area contributed by atoms with Crippen LogP contribution < -0.4 is 10.5 Å². The van der Waals surface area contributed by atoms with Gasteiger partial charge in [-0.15, -0.1) is 0 Å². The number of ether oxygens (including phenoxy) is 1. The predicted octanol–water partition coefficient (Wildman–Crippen LogP) is 2.24. The summed E-state index contributed by atoms with van der Waals surface area (Å²) in [7, 11) is 0. The Morgan fingerprint density at radius 1 is 1.25 bits per heavy atom. The Morgan fingerprint density at radius 2 is 1.75 bits per heavy atom. The van der Waals surface area contributed by atoms with Gasteiger partial charge in [0.25, 0.3) is 0 Å². The van der Waals surface area contributed by atoms with Crippen LogP contribution in [0.2, 0.25) is 0 Å². The number of esters is 1. The molecule has 16 heavy (non-hydrogen) atoms. The lowest BCUT2D eigenvalue weighted by atomic mass is 9.87. The average Bonchev–Trinajstić information content (AvgIpc) is 2.17. The number of nitrogens with two attached hydrogens (primary N) is 1. The van der Waals surface area contributed by atoms with Crippen LogP contribution in [0.4, 0.5) is 0 Å². The van der Waals surface area contributed by atoms with Crippen molar-refractivity contribution in [1.82, 2.24) is 0 Å². The first-order chi connectivity index (χ1) is 7.30. The van der Waals surface area contributed by atoms with E-state index in [4.69, 9.17) is 10.5 Å². The minimum absolute atomic E-state index is 0.101. The van der Waals surface area contributed by atoms with Crippen molar-refractivity contribution in [3.05, 3.63) is 29.8 Å². The molecular formula is C13H19NO2. The zero-order chi connectivity index (χ0) is 12.3. The van der Waals surface area contributed by atoms with Crippen molar-refractivity contribution < 1.29 is 9.53 Å². The molecule has 1 aromatic carbocycles. The van der Waals surface area contributed by atoms with Crippen LogP contribution in [0.1, 0.15) is 33.3 Å². The maximum absolute atomic E-state index is 11.2. The van der Waals surface area contributed by atoms with Crippen molar-refractivity contribution in [2.45, 2.75) is 39.2 Å². The lowest BCUT2D eigenvalue weighted by Gasteiger charge is -2.19. The second kappa shape index (κ2) is 4.66. The van der Waals surface area contributed by atoms with E-state index in [1.807, 2.05) is 12.1 Å². The van der Waals surface area contributed by atoms with Crippen LogP contribution in [0.3, 0.4) is 0 Å². The van der Waals surface area contributed by atoms with Crippen LogP contribution in [-0.2, 0) is 10.2 Å². The second-order valence-electron chi connectivity index (χ2n) is 4.98. The van der Waals surface area contributed by atoms with Crippen molar-refractivity contribution in [2.75, 3.05) is 0 Å². The molecule has 3 nitrogen and oxygen atoms in total. The van der Waals surface area contributed by atoms with Crippen LogP contribution in [0.25, 0.3) is 0 Å². The zero-order valence-electron chi connectivity index (χ0n) is 10.3. The van der Waals surface area contributed by atoms with Gasteiger partial charge >= 0.3 is 5.97 Å². The molecule has 0 unspecified atom stereocenters. The third-order valence-corrected chi connectivity index (χ3v) is 2.31. The lowest BCUT2D eigenvalue weighted by molar-refractivity contribution is -0.135. The average molecular weight is 221 g/mol. The first-order valence-electron chi connectivity index (χ1n) is 5.38. The van der Waals surface area contributed by atoms with Crippen molar-refractivity contribution in [1.29, 1.82) is 0 Å². The van der Waals surface area contributed by atoms with Gasteiger partial charge < -0.3 is 10.5 Å². The summed E-state index contributed by atoms with van der Waals surface area (Å²) in [5, 5.41) is 0. The summed E-state index contributed by atoms with van der Waals surface area (Å²) in [6.07, 6.45) is 0. The van der Waals surface area contributed by atoms with E-state index in [0.29, 0.717) is 5.75 Å². The summed E-state index contributed by atoms with van der Waals surface area (Å²) in [5.74, 6) is 0.124. The van der Waals surface area contributed by atoms with E-state index in [0.717, 1.165) is 0 Å². The van der Waals surface area contributed by atoms with Gasteiger partial charge in [0.1, 0.15) is 11.8 Å². The minimum Gasteiger partial charge on any atom is -0.425 e. The van der Waals surface area contributed by atoms with Gasteiger partial charge in [-0.2, -0.15) is 0 Å². The topological polar surface area (TPSA) is 52.3 Å². The van der Waals surface area contributed by atoms with Gasteiger partial charge in [0.05, 0.1) is 0 Å². The fraction of sp³-hybridized carbons (Fsp3) is 0.462. The first kappa shape index (κ1) is 12.7. The normalized spacial score (nSPS) is 13.3. The van der Waals surface area contributed by atoms with Crippen molar-refractivity contribution in [2.24, 2.45) is 5.73 Å². The highest BCUT2D eigenvalue weighted by Crippen LogP contribution is 2.24. The van der Waals surface area contributed by atoms with Crippen LogP contribution in [0.5, 0.6) is 5.75 Å². The highest BCUT2D eigenvalue weighted by molar-refractivity contribution is 5.77. The molecule has 2 N–H and O–H groups in total. The summed E-state index contributed by atoms with van der Waals surface area (Å²) in [6, 6.07) is 6.91. The van der Waals surface area contributed by atoms with E-state index in [2.05, 4.69) is 20.8 Å². The summed E-state index contributed by atoms with van der Waals surface area (Å²) >= 11 is 0. The fourth-order valence-corrected chi connectivity index (χ4v) is 1.23. The maximum Gasteiger partial charge on any atom is 0.328 e. The molecule has 0 heterocycles. The van der Waals surface area contributed by atoms with Gasteiger partial charge in [-0.1, -0.05) is 32.9 Å². The van der Waals surface area contributed by atoms with Crippen LogP contribution in [0, 0.1) is 0 Å². The van der Waals surface area contributed by atoms with E-state index in [1.165, 1.54) is 5.56 Å². The Kier molecular flexibility index (Phi) is 3.70. The molecule has 0 aliphatic heterocycles. The molecule has 1 rings (SSSR count). The smallest absolute Gasteiger partial charge is 0.328 e. The third kappa shape index (κ3) is 3.35. The molecule has 0 bridgehead atoms. The van der Waals surface area contributed by atoms with Gasteiger partial charge in [0.15, 0.2) is 0 Å². The molecule has 0 saturated carbocycles. The standard InChI is InChI=1S/C13H19NO2/c1-9(14)12(15)16-11-7-5-10(6-8-11)13(2,3)4/h5-9H,14H2,1-4H3/t9-/m0/s1. The number of carbonyl (C=O) groups excluding carboxylic acids is 1. The molecule has 0 saturated heterocycles. The molecule has 0 fully saturated rings. The van der Waals surface area contributed by atoms with E-state index >= 15 is 0 Å². The zero-order valence-corrected chi connectivity index (χ0v) is 10.3. The highest BCUT2D eigenvalue weighted by Gasteiger charge is 2.14. The fourth-order valence-electron chi connectivity index (χ4n) is 1.23. The molecule has 1 aromatic rings. The predicted molar refractivity (Wildman–Crippen MR) is 64.4 cm³/mol. The Morgan fingerprint density at radius 3 is 2.12 bits per heavy atom. The van der Waals surface area contributed by atoms with Gasteiger partial charge in [-0.3, -0.25) is 0 Å². The van der Waals surface area contributed by atoms with Crippen LogP contribution in [-0.4, -0.2) is 12.0 Å². The van der Waals surface area contributed by atoms with Crippen LogP contribution >= 0.6 is 0 Å². The number of hydrogen-bond donors (Lipinski definition) is 1. The molecule has 3 heteroatoms. The molecule has 1 atom stereocenters. The SMILES string of the molecule is C[C@H](N)C(=O)Oc1ccc(C(C)(C)C)cc1. The Labute approximate surface area is 96.6 Å². The summed E-state index contributed by atoms with van der Waals surface area (Å²) in [4.78, 5) is 11.2. The molecule has 0 aliphatic rings. The Bertz CT molecular complexity index is 361. The van der Waals surface area contributed by atoms with E-state index in [-0.39, 0.29) is 5.41 Å². The first-order valence-corrected chi connectivity index (χ1v) is 5.38. The van der Waals surface area contributed by atoms with Gasteiger partial charge in [-0.05, 0) is 30.0 Å². The summed E-state index contributed by atoms with van der Waals surface area (Å²) in [6.45, 7) is 8.01. The molecule has 0 spiro atoms. The summed E-state index contributed by atoms with van der Waals surface area (Å²) in [5.41, 5.74) is 6.71.